The summed E-state index contributed by atoms with van der Waals surface area (Å²) in [5.41, 5.74) is 0. The molecular formula is C29H58O2. The van der Waals surface area contributed by atoms with E-state index in [-0.39, 0.29) is 0 Å². The maximum atomic E-state index is 6.17. The summed E-state index contributed by atoms with van der Waals surface area (Å²) in [5, 5.41) is 0. The zero-order chi connectivity index (χ0) is 22.8. The molecule has 0 aromatic carbocycles. The summed E-state index contributed by atoms with van der Waals surface area (Å²) >= 11 is 0. The van der Waals surface area contributed by atoms with Crippen molar-refractivity contribution in [2.45, 2.75) is 168 Å². The van der Waals surface area contributed by atoms with Crippen molar-refractivity contribution in [2.75, 3.05) is 6.61 Å². The second-order valence-electron chi connectivity index (χ2n) is 9.67. The van der Waals surface area contributed by atoms with Crippen LogP contribution in [0.3, 0.4) is 0 Å². The van der Waals surface area contributed by atoms with Gasteiger partial charge in [0.15, 0.2) is 0 Å². The fourth-order valence-corrected chi connectivity index (χ4v) is 4.15. The molecule has 186 valence electrons. The van der Waals surface area contributed by atoms with Gasteiger partial charge in [0.2, 0.25) is 0 Å². The summed E-state index contributed by atoms with van der Waals surface area (Å²) in [6, 6.07) is 0. The minimum absolute atomic E-state index is 0.448. The maximum Gasteiger partial charge on any atom is 0.0876 e. The molecule has 2 atom stereocenters. The lowest BCUT2D eigenvalue weighted by Gasteiger charge is -2.19. The van der Waals surface area contributed by atoms with Gasteiger partial charge in [0, 0.05) is 0 Å². The Morgan fingerprint density at radius 1 is 0.645 bits per heavy atom. The number of hydrogen-bond donors (Lipinski definition) is 0. The van der Waals surface area contributed by atoms with Gasteiger partial charge in [-0.25, -0.2) is 0 Å². The number of unbranched alkanes of at least 4 members (excludes halogenated alkanes) is 14. The Balaban J connectivity index is 0.00000127. The Labute approximate surface area is 196 Å². The number of allylic oxidation sites excluding steroid dienone is 1. The first-order valence-electron chi connectivity index (χ1n) is 14.1. The van der Waals surface area contributed by atoms with Crippen LogP contribution < -0.4 is 0 Å². The highest BCUT2D eigenvalue weighted by molar-refractivity contribution is 4.76. The van der Waals surface area contributed by atoms with Gasteiger partial charge < -0.3 is 9.47 Å². The van der Waals surface area contributed by atoms with E-state index >= 15 is 0 Å². The topological polar surface area (TPSA) is 18.5 Å². The fraction of sp³-hybridized carbons (Fsp3) is 0.931. The van der Waals surface area contributed by atoms with Gasteiger partial charge in [-0.1, -0.05) is 117 Å². The second kappa shape index (κ2) is 25.8. The van der Waals surface area contributed by atoms with Crippen molar-refractivity contribution in [2.24, 2.45) is 0 Å². The molecule has 0 radical (unpaired) electrons. The molecule has 0 aromatic heterocycles. The van der Waals surface area contributed by atoms with Crippen molar-refractivity contribution in [3.8, 4) is 0 Å². The zero-order valence-electron chi connectivity index (χ0n) is 22.0. The average molecular weight is 439 g/mol. The molecule has 0 bridgehead atoms. The number of rotatable bonds is 20. The molecular weight excluding hydrogens is 380 g/mol. The molecule has 31 heavy (non-hydrogen) atoms. The maximum absolute atomic E-state index is 6.17. The van der Waals surface area contributed by atoms with Crippen molar-refractivity contribution < 1.29 is 9.47 Å². The van der Waals surface area contributed by atoms with Crippen LogP contribution in [-0.4, -0.2) is 18.8 Å². The van der Waals surface area contributed by atoms with Gasteiger partial charge >= 0.3 is 0 Å². The Bertz CT molecular complexity index is 321. The highest BCUT2D eigenvalue weighted by Gasteiger charge is 2.08. The molecule has 0 saturated heterocycles. The molecule has 0 aliphatic carbocycles. The highest BCUT2D eigenvalue weighted by atomic mass is 16.5. The van der Waals surface area contributed by atoms with Crippen LogP contribution in [0.1, 0.15) is 156 Å². The molecule has 1 aliphatic heterocycles. The summed E-state index contributed by atoms with van der Waals surface area (Å²) in [6.07, 6.45) is 32.1. The van der Waals surface area contributed by atoms with E-state index in [0.29, 0.717) is 12.2 Å². The summed E-state index contributed by atoms with van der Waals surface area (Å²) in [5.74, 6) is 0. The monoisotopic (exact) mass is 438 g/mol. The van der Waals surface area contributed by atoms with Crippen LogP contribution in [0.5, 0.6) is 0 Å². The molecule has 0 saturated carbocycles. The Kier molecular flexibility index (Phi) is 25.3. The van der Waals surface area contributed by atoms with Gasteiger partial charge in [-0.05, 0) is 45.6 Å². The third-order valence-electron chi connectivity index (χ3n) is 6.22. The Morgan fingerprint density at radius 2 is 1.06 bits per heavy atom. The van der Waals surface area contributed by atoms with Gasteiger partial charge in [-0.15, -0.1) is 0 Å². The molecule has 0 fully saturated rings. The SMILES string of the molecule is C1=COCCC1.CCCCCCCCCCC(C)OC(C)CCCCCCCCCC. The van der Waals surface area contributed by atoms with Gasteiger partial charge in [0.1, 0.15) is 0 Å². The molecule has 0 amide bonds. The van der Waals surface area contributed by atoms with Crippen molar-refractivity contribution in [1.29, 1.82) is 0 Å². The molecule has 1 aliphatic rings. The van der Waals surface area contributed by atoms with Crippen molar-refractivity contribution in [3.05, 3.63) is 12.3 Å². The van der Waals surface area contributed by atoms with Gasteiger partial charge in [-0.2, -0.15) is 0 Å². The van der Waals surface area contributed by atoms with E-state index in [1.165, 1.54) is 128 Å². The van der Waals surface area contributed by atoms with Crippen LogP contribution in [0, 0.1) is 0 Å². The molecule has 0 aromatic rings. The molecule has 2 unspecified atom stereocenters. The minimum Gasteiger partial charge on any atom is -0.502 e. The Hall–Kier alpha value is -0.500. The largest absolute Gasteiger partial charge is 0.502 e. The van der Waals surface area contributed by atoms with Gasteiger partial charge in [-0.3, -0.25) is 0 Å². The standard InChI is InChI=1S/C24H50O.C5H8O/c1-5-7-9-11-13-15-17-19-21-23(3)25-24(4)22-20-18-16-14-12-10-8-6-2;1-2-4-6-5-3-1/h23-24H,5-22H2,1-4H3;2,4H,1,3,5H2. The van der Waals surface area contributed by atoms with E-state index < -0.39 is 0 Å². The van der Waals surface area contributed by atoms with Gasteiger partial charge in [0.05, 0.1) is 25.1 Å². The predicted molar refractivity (Wildman–Crippen MR) is 139 cm³/mol. The summed E-state index contributed by atoms with van der Waals surface area (Å²) < 4.78 is 11.1. The molecule has 1 rings (SSSR count). The van der Waals surface area contributed by atoms with Gasteiger partial charge in [0.25, 0.3) is 0 Å². The lowest BCUT2D eigenvalue weighted by Crippen LogP contribution is -2.17. The molecule has 0 N–H and O–H groups in total. The molecule has 1 heterocycles. The third kappa shape index (κ3) is 25.6. The van der Waals surface area contributed by atoms with Crippen LogP contribution in [0.15, 0.2) is 12.3 Å². The first-order chi connectivity index (χ1) is 15.2. The number of hydrogen-bond acceptors (Lipinski definition) is 2. The fourth-order valence-electron chi connectivity index (χ4n) is 4.15. The van der Waals surface area contributed by atoms with Crippen LogP contribution in [-0.2, 0) is 9.47 Å². The van der Waals surface area contributed by atoms with E-state index in [0.717, 1.165) is 6.61 Å². The normalized spacial score (nSPS) is 15.1. The molecule has 2 heteroatoms. The summed E-state index contributed by atoms with van der Waals surface area (Å²) in [6.45, 7) is 10.0. The third-order valence-corrected chi connectivity index (χ3v) is 6.22. The predicted octanol–water partition coefficient (Wildman–Crippen LogP) is 10.2. The average Bonchev–Trinajstić information content (AvgIpc) is 2.79. The lowest BCUT2D eigenvalue weighted by atomic mass is 10.1. The van der Waals surface area contributed by atoms with E-state index in [9.17, 15) is 0 Å². The summed E-state index contributed by atoms with van der Waals surface area (Å²) in [4.78, 5) is 0. The van der Waals surface area contributed by atoms with E-state index in [1.807, 2.05) is 6.08 Å². The number of ether oxygens (including phenoxy) is 2. The molecule has 2 nitrogen and oxygen atoms in total. The van der Waals surface area contributed by atoms with E-state index in [2.05, 4.69) is 27.7 Å². The van der Waals surface area contributed by atoms with Crippen molar-refractivity contribution >= 4 is 0 Å². The van der Waals surface area contributed by atoms with Crippen molar-refractivity contribution in [1.82, 2.24) is 0 Å². The second-order valence-corrected chi connectivity index (χ2v) is 9.67. The first kappa shape index (κ1) is 30.5. The van der Waals surface area contributed by atoms with Crippen LogP contribution in [0.2, 0.25) is 0 Å². The van der Waals surface area contributed by atoms with Crippen molar-refractivity contribution in [3.63, 3.8) is 0 Å². The quantitative estimate of drug-likeness (QED) is 0.176. The molecule has 0 spiro atoms. The minimum atomic E-state index is 0.448. The van der Waals surface area contributed by atoms with E-state index in [4.69, 9.17) is 9.47 Å². The smallest absolute Gasteiger partial charge is 0.0876 e. The van der Waals surface area contributed by atoms with Crippen LogP contribution in [0.25, 0.3) is 0 Å². The van der Waals surface area contributed by atoms with Crippen LogP contribution >= 0.6 is 0 Å². The van der Waals surface area contributed by atoms with Crippen LogP contribution in [0.4, 0.5) is 0 Å². The zero-order valence-corrected chi connectivity index (χ0v) is 22.0. The Morgan fingerprint density at radius 3 is 1.35 bits per heavy atom. The summed E-state index contributed by atoms with van der Waals surface area (Å²) in [7, 11) is 0. The highest BCUT2D eigenvalue weighted by Crippen LogP contribution is 2.16. The van der Waals surface area contributed by atoms with E-state index in [1.54, 1.807) is 6.26 Å². The lowest BCUT2D eigenvalue weighted by molar-refractivity contribution is -0.00232. The first-order valence-corrected chi connectivity index (χ1v) is 14.1.